The Morgan fingerprint density at radius 2 is 1.67 bits per heavy atom. The Kier molecular flexibility index (Phi) is 4.33. The fourth-order valence-electron chi connectivity index (χ4n) is 2.02. The number of nitro groups is 1. The van der Waals surface area contributed by atoms with Crippen LogP contribution in [0.5, 0.6) is 5.75 Å². The van der Waals surface area contributed by atoms with E-state index < -0.39 is 4.92 Å². The third kappa shape index (κ3) is 3.45. The first-order valence-electron chi connectivity index (χ1n) is 6.45. The molecule has 5 nitrogen and oxygen atoms in total. The van der Waals surface area contributed by atoms with Gasteiger partial charge in [-0.15, -0.1) is 0 Å². The molecule has 108 valence electrons. The van der Waals surface area contributed by atoms with Crippen LogP contribution in [0.2, 0.25) is 0 Å². The van der Waals surface area contributed by atoms with E-state index in [4.69, 9.17) is 4.74 Å². The molecule has 0 aliphatic rings. The number of ketones is 1. The van der Waals surface area contributed by atoms with Gasteiger partial charge in [0.2, 0.25) is 0 Å². The molecule has 0 atom stereocenters. The summed E-state index contributed by atoms with van der Waals surface area (Å²) >= 11 is 0. The zero-order valence-corrected chi connectivity index (χ0v) is 11.8. The number of para-hydroxylation sites is 1. The SMILES string of the molecule is Cc1cccc(C)c1OCC(=O)c1ccc([N+](=O)[O-])cc1. The number of nitro benzene ring substituents is 1. The standard InChI is InChI=1S/C16H15NO4/c1-11-4-3-5-12(2)16(11)21-10-15(18)13-6-8-14(9-7-13)17(19)20/h3-9H,10H2,1-2H3. The van der Waals surface area contributed by atoms with Gasteiger partial charge in [0.25, 0.3) is 5.69 Å². The number of benzene rings is 2. The molecule has 2 rings (SSSR count). The molecule has 5 heteroatoms. The number of hydrogen-bond donors (Lipinski definition) is 0. The van der Waals surface area contributed by atoms with Crippen molar-refractivity contribution in [3.63, 3.8) is 0 Å². The maximum atomic E-state index is 12.0. The molecule has 0 aliphatic heterocycles. The topological polar surface area (TPSA) is 69.4 Å². The van der Waals surface area contributed by atoms with Crippen molar-refractivity contribution in [1.29, 1.82) is 0 Å². The predicted octanol–water partition coefficient (Wildman–Crippen LogP) is 3.47. The molecular formula is C16H15NO4. The first-order valence-corrected chi connectivity index (χ1v) is 6.45. The second kappa shape index (κ2) is 6.17. The van der Waals surface area contributed by atoms with Gasteiger partial charge in [-0.2, -0.15) is 0 Å². The van der Waals surface area contributed by atoms with E-state index in [-0.39, 0.29) is 18.1 Å². The molecule has 0 radical (unpaired) electrons. The van der Waals surface area contributed by atoms with E-state index in [2.05, 4.69) is 0 Å². The van der Waals surface area contributed by atoms with Crippen molar-refractivity contribution in [2.24, 2.45) is 0 Å². The predicted molar refractivity (Wildman–Crippen MR) is 78.8 cm³/mol. The van der Waals surface area contributed by atoms with Crippen LogP contribution in [0.1, 0.15) is 21.5 Å². The number of rotatable bonds is 5. The van der Waals surface area contributed by atoms with E-state index >= 15 is 0 Å². The molecule has 0 bridgehead atoms. The number of carbonyl (C=O) groups excluding carboxylic acids is 1. The van der Waals surface area contributed by atoms with Gasteiger partial charge in [0.05, 0.1) is 4.92 Å². The lowest BCUT2D eigenvalue weighted by Crippen LogP contribution is -2.12. The van der Waals surface area contributed by atoms with E-state index in [0.29, 0.717) is 11.3 Å². The van der Waals surface area contributed by atoms with Gasteiger partial charge in [-0.1, -0.05) is 18.2 Å². The Balaban J connectivity index is 2.06. The minimum Gasteiger partial charge on any atom is -0.485 e. The highest BCUT2D eigenvalue weighted by Gasteiger charge is 2.11. The molecule has 0 saturated heterocycles. The van der Waals surface area contributed by atoms with Gasteiger partial charge in [-0.05, 0) is 37.1 Å². The number of hydrogen-bond acceptors (Lipinski definition) is 4. The van der Waals surface area contributed by atoms with Crippen molar-refractivity contribution in [2.45, 2.75) is 13.8 Å². The van der Waals surface area contributed by atoms with Crippen LogP contribution in [0.15, 0.2) is 42.5 Å². The maximum Gasteiger partial charge on any atom is 0.269 e. The van der Waals surface area contributed by atoms with Gasteiger partial charge < -0.3 is 4.74 Å². The van der Waals surface area contributed by atoms with Crippen LogP contribution in [0, 0.1) is 24.0 Å². The molecule has 2 aromatic carbocycles. The number of carbonyl (C=O) groups is 1. The summed E-state index contributed by atoms with van der Waals surface area (Å²) < 4.78 is 5.58. The highest BCUT2D eigenvalue weighted by Crippen LogP contribution is 2.22. The van der Waals surface area contributed by atoms with Crippen LogP contribution in [0.25, 0.3) is 0 Å². The second-order valence-corrected chi connectivity index (χ2v) is 4.74. The Morgan fingerprint density at radius 3 is 2.19 bits per heavy atom. The Labute approximate surface area is 122 Å². The van der Waals surface area contributed by atoms with Crippen molar-refractivity contribution >= 4 is 11.5 Å². The smallest absolute Gasteiger partial charge is 0.269 e. The van der Waals surface area contributed by atoms with Gasteiger partial charge in [-0.3, -0.25) is 14.9 Å². The Bertz CT molecular complexity index is 657. The van der Waals surface area contributed by atoms with Crippen LogP contribution < -0.4 is 4.74 Å². The largest absolute Gasteiger partial charge is 0.485 e. The van der Waals surface area contributed by atoms with E-state index in [0.717, 1.165) is 11.1 Å². The van der Waals surface area contributed by atoms with Crippen LogP contribution in [-0.2, 0) is 0 Å². The molecule has 0 aliphatic carbocycles. The number of aryl methyl sites for hydroxylation is 2. The zero-order valence-electron chi connectivity index (χ0n) is 11.8. The summed E-state index contributed by atoms with van der Waals surface area (Å²) in [4.78, 5) is 22.1. The normalized spacial score (nSPS) is 10.2. The summed E-state index contributed by atoms with van der Waals surface area (Å²) in [5, 5.41) is 10.6. The van der Waals surface area contributed by atoms with Crippen LogP contribution in [0.4, 0.5) is 5.69 Å². The molecule has 0 saturated carbocycles. The summed E-state index contributed by atoms with van der Waals surface area (Å²) in [6, 6.07) is 11.3. The molecule has 0 fully saturated rings. The van der Waals surface area contributed by atoms with Crippen molar-refractivity contribution in [2.75, 3.05) is 6.61 Å². The quantitative estimate of drug-likeness (QED) is 0.479. The van der Waals surface area contributed by atoms with Gasteiger partial charge in [0, 0.05) is 17.7 Å². The molecule has 0 N–H and O–H groups in total. The minimum atomic E-state index is -0.499. The van der Waals surface area contributed by atoms with Gasteiger partial charge in [-0.25, -0.2) is 0 Å². The van der Waals surface area contributed by atoms with Crippen LogP contribution >= 0.6 is 0 Å². The Hall–Kier alpha value is -2.69. The highest BCUT2D eigenvalue weighted by molar-refractivity contribution is 5.97. The first kappa shape index (κ1) is 14.7. The van der Waals surface area contributed by atoms with Crippen molar-refractivity contribution in [3.05, 3.63) is 69.3 Å². The second-order valence-electron chi connectivity index (χ2n) is 4.74. The van der Waals surface area contributed by atoms with E-state index in [1.54, 1.807) is 0 Å². The number of non-ortho nitro benzene ring substituents is 1. The summed E-state index contributed by atoms with van der Waals surface area (Å²) in [6.45, 7) is 3.74. The molecule has 2 aromatic rings. The summed E-state index contributed by atoms with van der Waals surface area (Å²) in [6.07, 6.45) is 0. The molecule has 0 aromatic heterocycles. The molecule has 0 amide bonds. The van der Waals surface area contributed by atoms with Gasteiger partial charge in [0.1, 0.15) is 5.75 Å². The van der Waals surface area contributed by atoms with Gasteiger partial charge >= 0.3 is 0 Å². The molecule has 0 heterocycles. The molecule has 21 heavy (non-hydrogen) atoms. The maximum absolute atomic E-state index is 12.0. The average molecular weight is 285 g/mol. The number of ether oxygens (including phenoxy) is 1. The van der Waals surface area contributed by atoms with Crippen LogP contribution in [0.3, 0.4) is 0 Å². The lowest BCUT2D eigenvalue weighted by atomic mass is 10.1. The van der Waals surface area contributed by atoms with Gasteiger partial charge in [0.15, 0.2) is 12.4 Å². The van der Waals surface area contributed by atoms with Crippen LogP contribution in [-0.4, -0.2) is 17.3 Å². The van der Waals surface area contributed by atoms with Crippen molar-refractivity contribution < 1.29 is 14.5 Å². The van der Waals surface area contributed by atoms with E-state index in [1.165, 1.54) is 24.3 Å². The average Bonchev–Trinajstić information content (AvgIpc) is 2.46. The summed E-state index contributed by atoms with van der Waals surface area (Å²) in [7, 11) is 0. The highest BCUT2D eigenvalue weighted by atomic mass is 16.6. The minimum absolute atomic E-state index is 0.0396. The number of nitrogens with zero attached hydrogens (tertiary/aromatic N) is 1. The Morgan fingerprint density at radius 1 is 1.10 bits per heavy atom. The third-order valence-electron chi connectivity index (χ3n) is 3.16. The molecule has 0 unspecified atom stereocenters. The van der Waals surface area contributed by atoms with Crippen molar-refractivity contribution in [3.8, 4) is 5.75 Å². The summed E-state index contributed by atoms with van der Waals surface area (Å²) in [5.41, 5.74) is 2.28. The first-order chi connectivity index (χ1) is 9.99. The number of Topliss-reactive ketones (excluding diaryl/α,β-unsaturated/α-hetero) is 1. The lowest BCUT2D eigenvalue weighted by molar-refractivity contribution is -0.384. The lowest BCUT2D eigenvalue weighted by Gasteiger charge is -2.11. The molecule has 0 spiro atoms. The summed E-state index contributed by atoms with van der Waals surface area (Å²) in [5.74, 6) is 0.486. The zero-order chi connectivity index (χ0) is 15.4. The fraction of sp³-hybridized carbons (Fsp3) is 0.188. The van der Waals surface area contributed by atoms with E-state index in [1.807, 2.05) is 32.0 Å². The van der Waals surface area contributed by atoms with Crippen molar-refractivity contribution in [1.82, 2.24) is 0 Å². The fourth-order valence-corrected chi connectivity index (χ4v) is 2.02. The monoisotopic (exact) mass is 285 g/mol. The molecular weight excluding hydrogens is 270 g/mol. The third-order valence-corrected chi connectivity index (χ3v) is 3.16. The van der Waals surface area contributed by atoms with E-state index in [9.17, 15) is 14.9 Å².